The smallest absolute Gasteiger partial charge is 0.285 e. The summed E-state index contributed by atoms with van der Waals surface area (Å²) in [6, 6.07) is 8.55. The van der Waals surface area contributed by atoms with Gasteiger partial charge in [0.05, 0.1) is 26.6 Å². The summed E-state index contributed by atoms with van der Waals surface area (Å²) in [5.41, 5.74) is 0.586. The van der Waals surface area contributed by atoms with Crippen molar-refractivity contribution in [2.45, 2.75) is 16.3 Å². The van der Waals surface area contributed by atoms with Crippen LogP contribution >= 0.6 is 11.3 Å². The quantitative estimate of drug-likeness (QED) is 0.615. The molecule has 2 aromatic carbocycles. The van der Waals surface area contributed by atoms with Gasteiger partial charge in [0.1, 0.15) is 5.82 Å². The molecule has 0 radical (unpaired) electrons. The average Bonchev–Trinajstić information content (AvgIpc) is 2.95. The molecule has 0 unspecified atom stereocenters. The first-order valence-corrected chi connectivity index (χ1v) is 11.6. The molecule has 0 atom stereocenters. The fraction of sp³-hybridized carbons (Fsp3) is 0.188. The topological polar surface area (TPSA) is 121 Å². The molecule has 0 aliphatic heterocycles. The summed E-state index contributed by atoms with van der Waals surface area (Å²) in [5, 5.41) is 5.16. The summed E-state index contributed by atoms with van der Waals surface area (Å²) in [4.78, 5) is -0.120. The third-order valence-electron chi connectivity index (χ3n) is 3.81. The van der Waals surface area contributed by atoms with Crippen molar-refractivity contribution in [2.24, 2.45) is 9.54 Å². The predicted molar refractivity (Wildman–Crippen MR) is 102 cm³/mol. The first kappa shape index (κ1) is 20.6. The molecule has 0 spiro atoms. The molecule has 1 aromatic heterocycles. The molecule has 150 valence electrons. The van der Waals surface area contributed by atoms with Gasteiger partial charge in [-0.05, 0) is 42.5 Å². The zero-order chi connectivity index (χ0) is 20.5. The molecule has 0 saturated heterocycles. The highest BCUT2D eigenvalue weighted by atomic mass is 32.2. The molecular weight excluding hydrogens is 429 g/mol. The van der Waals surface area contributed by atoms with E-state index in [1.54, 1.807) is 4.57 Å². The number of benzene rings is 2. The minimum absolute atomic E-state index is 0.0897. The van der Waals surface area contributed by atoms with Crippen LogP contribution in [0.1, 0.15) is 0 Å². The van der Waals surface area contributed by atoms with Crippen molar-refractivity contribution in [2.75, 3.05) is 13.7 Å². The number of nitrogens with two attached hydrogens (primary N) is 1. The number of fused-ring (bicyclic) bond motifs is 1. The summed E-state index contributed by atoms with van der Waals surface area (Å²) in [5.74, 6) is -0.563. The second kappa shape index (κ2) is 7.72. The Balaban J connectivity index is 2.23. The molecule has 0 aliphatic carbocycles. The molecule has 1 heterocycles. The summed E-state index contributed by atoms with van der Waals surface area (Å²) >= 11 is 0.997. The molecule has 3 rings (SSSR count). The fourth-order valence-electron chi connectivity index (χ4n) is 2.46. The Morgan fingerprint density at radius 2 is 1.75 bits per heavy atom. The molecule has 0 saturated carbocycles. The Hall–Kier alpha value is -2.12. The number of sulfonamides is 2. The molecule has 2 N–H and O–H groups in total. The van der Waals surface area contributed by atoms with Crippen molar-refractivity contribution in [3.05, 3.63) is 53.1 Å². The number of halogens is 1. The van der Waals surface area contributed by atoms with E-state index in [0.717, 1.165) is 35.6 Å². The fourth-order valence-corrected chi connectivity index (χ4v) is 5.37. The number of ether oxygens (including phenoxy) is 1. The summed E-state index contributed by atoms with van der Waals surface area (Å²) in [7, 11) is -6.51. The Kier molecular flexibility index (Phi) is 5.68. The number of hydrogen-bond donors (Lipinski definition) is 1. The highest BCUT2D eigenvalue weighted by Gasteiger charge is 2.16. The van der Waals surface area contributed by atoms with Gasteiger partial charge in [-0.1, -0.05) is 11.3 Å². The first-order valence-electron chi connectivity index (χ1n) is 7.83. The van der Waals surface area contributed by atoms with Crippen LogP contribution in [0, 0.1) is 5.82 Å². The lowest BCUT2D eigenvalue weighted by atomic mass is 10.3. The molecule has 0 aliphatic rings. The van der Waals surface area contributed by atoms with Gasteiger partial charge in [-0.25, -0.2) is 17.9 Å². The number of hydrogen-bond acceptors (Lipinski definition) is 6. The van der Waals surface area contributed by atoms with Crippen LogP contribution in [-0.4, -0.2) is 35.1 Å². The maximum atomic E-state index is 13.1. The lowest BCUT2D eigenvalue weighted by molar-refractivity contribution is 0.187. The number of methoxy groups -OCH3 is 1. The standard InChI is InChI=1S/C16H16FN3O5S3/c1-25-9-8-20-14-7-6-13(27(18,21)22)10-15(14)26-16(20)19-28(23,24)12-4-2-11(17)3-5-12/h2-7,10H,8-9H2,1H3,(H2,18,21,22)/b19-16-. The van der Waals surface area contributed by atoms with Gasteiger partial charge < -0.3 is 9.30 Å². The SMILES string of the molecule is COCCn1/c(=N/S(=O)(=O)c2ccc(F)cc2)sc2cc(S(N)(=O)=O)ccc21. The Labute approximate surface area is 164 Å². The second-order valence-electron chi connectivity index (χ2n) is 5.72. The van der Waals surface area contributed by atoms with Crippen LogP contribution in [0.25, 0.3) is 10.2 Å². The van der Waals surface area contributed by atoms with Gasteiger partial charge >= 0.3 is 0 Å². The van der Waals surface area contributed by atoms with E-state index in [2.05, 4.69) is 4.40 Å². The largest absolute Gasteiger partial charge is 0.383 e. The number of aromatic nitrogens is 1. The van der Waals surface area contributed by atoms with Gasteiger partial charge in [0.15, 0.2) is 0 Å². The van der Waals surface area contributed by atoms with Crippen LogP contribution in [-0.2, 0) is 31.3 Å². The lowest BCUT2D eigenvalue weighted by Crippen LogP contribution is -2.19. The molecule has 28 heavy (non-hydrogen) atoms. The van der Waals surface area contributed by atoms with Gasteiger partial charge in [-0.15, -0.1) is 4.40 Å². The molecule has 0 fully saturated rings. The highest BCUT2D eigenvalue weighted by Crippen LogP contribution is 2.22. The second-order valence-corrected chi connectivity index (χ2v) is 9.90. The van der Waals surface area contributed by atoms with E-state index in [-0.39, 0.29) is 21.2 Å². The Morgan fingerprint density at radius 3 is 2.36 bits per heavy atom. The molecule has 0 bridgehead atoms. The van der Waals surface area contributed by atoms with Crippen LogP contribution in [0.15, 0.2) is 56.7 Å². The minimum Gasteiger partial charge on any atom is -0.383 e. The molecule has 0 amide bonds. The highest BCUT2D eigenvalue weighted by molar-refractivity contribution is 7.90. The zero-order valence-electron chi connectivity index (χ0n) is 14.6. The number of primary sulfonamides is 1. The van der Waals surface area contributed by atoms with Gasteiger partial charge in [0.2, 0.25) is 14.8 Å². The summed E-state index contributed by atoms with van der Waals surface area (Å²) in [6.45, 7) is 0.579. The minimum atomic E-state index is -4.10. The van der Waals surface area contributed by atoms with Crippen molar-refractivity contribution in [1.29, 1.82) is 0 Å². The number of thiazole rings is 1. The van der Waals surface area contributed by atoms with Gasteiger partial charge in [0.25, 0.3) is 10.0 Å². The normalized spacial score (nSPS) is 13.3. The van der Waals surface area contributed by atoms with Crippen molar-refractivity contribution in [1.82, 2.24) is 4.57 Å². The van der Waals surface area contributed by atoms with E-state index in [1.165, 1.54) is 25.3 Å². The van der Waals surface area contributed by atoms with Crippen molar-refractivity contribution in [3.8, 4) is 0 Å². The van der Waals surface area contributed by atoms with E-state index in [9.17, 15) is 21.2 Å². The summed E-state index contributed by atoms with van der Waals surface area (Å²) < 4.78 is 72.5. The third kappa shape index (κ3) is 4.31. The summed E-state index contributed by atoms with van der Waals surface area (Å²) in [6.07, 6.45) is 0. The zero-order valence-corrected chi connectivity index (χ0v) is 17.0. The van der Waals surface area contributed by atoms with Crippen LogP contribution in [0.4, 0.5) is 4.39 Å². The molecule has 8 nitrogen and oxygen atoms in total. The molecule has 12 heteroatoms. The van der Waals surface area contributed by atoms with E-state index < -0.39 is 25.9 Å². The van der Waals surface area contributed by atoms with E-state index in [1.807, 2.05) is 0 Å². The maximum Gasteiger partial charge on any atom is 0.285 e. The van der Waals surface area contributed by atoms with Crippen molar-refractivity contribution >= 4 is 41.6 Å². The molecule has 3 aromatic rings. The van der Waals surface area contributed by atoms with Crippen LogP contribution in [0.5, 0.6) is 0 Å². The van der Waals surface area contributed by atoms with Crippen LogP contribution in [0.3, 0.4) is 0 Å². The first-order chi connectivity index (χ1) is 13.1. The maximum absolute atomic E-state index is 13.1. The number of rotatable bonds is 6. The van der Waals surface area contributed by atoms with Gasteiger partial charge in [0, 0.05) is 13.7 Å². The van der Waals surface area contributed by atoms with E-state index >= 15 is 0 Å². The van der Waals surface area contributed by atoms with Crippen LogP contribution in [0.2, 0.25) is 0 Å². The predicted octanol–water partition coefficient (Wildman–Crippen LogP) is 1.43. The Bertz CT molecular complexity index is 1290. The third-order valence-corrected chi connectivity index (χ3v) is 7.16. The van der Waals surface area contributed by atoms with E-state index in [0.29, 0.717) is 16.8 Å². The Morgan fingerprint density at radius 1 is 1.11 bits per heavy atom. The lowest BCUT2D eigenvalue weighted by Gasteiger charge is -2.05. The monoisotopic (exact) mass is 445 g/mol. The molecular formula is C16H16FN3O5S3. The van der Waals surface area contributed by atoms with Crippen molar-refractivity contribution < 1.29 is 26.0 Å². The van der Waals surface area contributed by atoms with E-state index in [4.69, 9.17) is 9.88 Å². The number of nitrogens with zero attached hydrogens (tertiary/aromatic N) is 2. The van der Waals surface area contributed by atoms with Gasteiger partial charge in [-0.2, -0.15) is 8.42 Å². The van der Waals surface area contributed by atoms with Crippen LogP contribution < -0.4 is 9.94 Å². The van der Waals surface area contributed by atoms with Crippen molar-refractivity contribution in [3.63, 3.8) is 0 Å². The average molecular weight is 446 g/mol. The van der Waals surface area contributed by atoms with Gasteiger partial charge in [-0.3, -0.25) is 0 Å².